The first-order chi connectivity index (χ1) is 23.8. The number of benzene rings is 8. The quantitative estimate of drug-likeness (QED) is 0.185. The Balaban J connectivity index is 1.29. The molecule has 0 saturated carbocycles. The van der Waals surface area contributed by atoms with E-state index in [9.17, 15) is 0 Å². The molecule has 0 unspecified atom stereocenters. The summed E-state index contributed by atoms with van der Waals surface area (Å²) in [6, 6.07) is 59.9. The number of rotatable bonds is 4. The van der Waals surface area contributed by atoms with Crippen molar-refractivity contribution in [2.75, 3.05) is 4.90 Å². The molecule has 8 aromatic rings. The van der Waals surface area contributed by atoms with Gasteiger partial charge >= 0.3 is 0 Å². The van der Waals surface area contributed by atoms with Crippen molar-refractivity contribution in [3.63, 3.8) is 0 Å². The third-order valence-electron chi connectivity index (χ3n) is 9.75. The van der Waals surface area contributed by atoms with Crippen LogP contribution in [-0.2, 0) is 0 Å². The van der Waals surface area contributed by atoms with Gasteiger partial charge in [0.05, 0.1) is 5.69 Å². The molecule has 0 saturated heterocycles. The Hall–Kier alpha value is -6.26. The smallest absolute Gasteiger partial charge is 0.261 e. The monoisotopic (exact) mass is 613 g/mol. The Bertz CT molecular complexity index is 2480. The van der Waals surface area contributed by atoms with Crippen LogP contribution in [0.25, 0.3) is 32.7 Å². The topological polar surface area (TPSA) is 21.7 Å². The Kier molecular flexibility index (Phi) is 5.97. The van der Waals surface area contributed by atoms with Crippen molar-refractivity contribution >= 4 is 61.7 Å². The van der Waals surface area contributed by atoms with Crippen LogP contribution in [0.1, 0.15) is 0 Å². The minimum Gasteiger partial charge on any atom is -0.458 e. The second-order valence-electron chi connectivity index (χ2n) is 12.4. The molecule has 0 aromatic heterocycles. The largest absolute Gasteiger partial charge is 0.458 e. The van der Waals surface area contributed by atoms with E-state index < -0.39 is 0 Å². The Morgan fingerprint density at radius 2 is 0.979 bits per heavy atom. The molecule has 8 aromatic carbocycles. The first-order valence-electron chi connectivity index (χ1n) is 16.4. The summed E-state index contributed by atoms with van der Waals surface area (Å²) in [7, 11) is 0. The molecule has 10 rings (SSSR count). The van der Waals surface area contributed by atoms with Crippen LogP contribution in [0.15, 0.2) is 170 Å². The van der Waals surface area contributed by atoms with Crippen LogP contribution in [-0.4, -0.2) is 6.71 Å². The fourth-order valence-electron chi connectivity index (χ4n) is 7.73. The highest BCUT2D eigenvalue weighted by atomic mass is 16.5. The normalized spacial score (nSPS) is 12.5. The minimum atomic E-state index is -0.0865. The van der Waals surface area contributed by atoms with Gasteiger partial charge in [0.1, 0.15) is 23.0 Å². The maximum absolute atomic E-state index is 6.91. The highest BCUT2D eigenvalue weighted by Crippen LogP contribution is 2.45. The van der Waals surface area contributed by atoms with Gasteiger partial charge < -0.3 is 14.4 Å². The molecule has 0 aliphatic carbocycles. The van der Waals surface area contributed by atoms with E-state index in [2.05, 4.69) is 169 Å². The van der Waals surface area contributed by atoms with Crippen LogP contribution in [0.5, 0.6) is 23.0 Å². The van der Waals surface area contributed by atoms with E-state index in [4.69, 9.17) is 9.47 Å². The van der Waals surface area contributed by atoms with Crippen molar-refractivity contribution in [2.45, 2.75) is 0 Å². The fourth-order valence-corrected chi connectivity index (χ4v) is 7.73. The van der Waals surface area contributed by atoms with E-state index in [-0.39, 0.29) is 6.71 Å². The SMILES string of the molecule is c1ccc(-c2cc3c(c4ccccc24)Oc2cccc4c2B3c2c(cc(N(c3ccccc3)c3ccccc3)c3ccccc23)O4)cc1. The standard InChI is InChI=1S/C44H28BNO2/c1-4-15-29(16-5-1)36-27-37-44(35-24-13-10-21-32(35)36)48-40-26-14-25-39-43(40)45(37)42-34-23-12-11-22-33(34)38(28-41(42)47-39)46(30-17-6-2-7-18-30)31-19-8-3-9-20-31/h1-28H. The molecule has 2 aliphatic heterocycles. The molecule has 0 fully saturated rings. The summed E-state index contributed by atoms with van der Waals surface area (Å²) in [5.74, 6) is 3.45. The molecule has 0 bridgehead atoms. The van der Waals surface area contributed by atoms with Gasteiger partial charge in [-0.1, -0.05) is 127 Å². The molecule has 48 heavy (non-hydrogen) atoms. The zero-order valence-electron chi connectivity index (χ0n) is 26.0. The lowest BCUT2D eigenvalue weighted by Crippen LogP contribution is -2.57. The summed E-state index contributed by atoms with van der Waals surface area (Å²) in [6.45, 7) is -0.0865. The number of ether oxygens (including phenoxy) is 2. The van der Waals surface area contributed by atoms with E-state index in [1.807, 2.05) is 6.07 Å². The van der Waals surface area contributed by atoms with E-state index in [1.54, 1.807) is 0 Å². The van der Waals surface area contributed by atoms with E-state index in [0.717, 1.165) is 72.6 Å². The number of para-hydroxylation sites is 2. The summed E-state index contributed by atoms with van der Waals surface area (Å²) in [5, 5.41) is 4.61. The Labute approximate surface area is 279 Å². The van der Waals surface area contributed by atoms with Crippen molar-refractivity contribution in [1.82, 2.24) is 0 Å². The van der Waals surface area contributed by atoms with Gasteiger partial charge in [0, 0.05) is 33.7 Å². The maximum Gasteiger partial charge on any atom is 0.261 e. The summed E-state index contributed by atoms with van der Waals surface area (Å²) in [6.07, 6.45) is 0. The second-order valence-corrected chi connectivity index (χ2v) is 12.4. The van der Waals surface area contributed by atoms with Gasteiger partial charge in [-0.25, -0.2) is 0 Å². The summed E-state index contributed by atoms with van der Waals surface area (Å²) in [4.78, 5) is 2.33. The molecular weight excluding hydrogens is 585 g/mol. The molecule has 0 atom stereocenters. The Morgan fingerprint density at radius 1 is 0.417 bits per heavy atom. The van der Waals surface area contributed by atoms with Gasteiger partial charge in [0.15, 0.2) is 0 Å². The summed E-state index contributed by atoms with van der Waals surface area (Å²) in [5.41, 5.74) is 9.01. The molecule has 0 N–H and O–H groups in total. The van der Waals surface area contributed by atoms with E-state index >= 15 is 0 Å². The molecule has 4 heteroatoms. The third-order valence-corrected chi connectivity index (χ3v) is 9.75. The average Bonchev–Trinajstić information content (AvgIpc) is 3.16. The number of hydrogen-bond acceptors (Lipinski definition) is 3. The van der Waals surface area contributed by atoms with Crippen molar-refractivity contribution in [1.29, 1.82) is 0 Å². The molecule has 0 spiro atoms. The van der Waals surface area contributed by atoms with Crippen LogP contribution in [0.3, 0.4) is 0 Å². The zero-order valence-corrected chi connectivity index (χ0v) is 26.0. The highest BCUT2D eigenvalue weighted by molar-refractivity contribution is 6.99. The lowest BCUT2D eigenvalue weighted by molar-refractivity contribution is 0.467. The predicted octanol–water partition coefficient (Wildman–Crippen LogP) is 9.86. The highest BCUT2D eigenvalue weighted by Gasteiger charge is 2.42. The molecule has 2 heterocycles. The van der Waals surface area contributed by atoms with Crippen molar-refractivity contribution in [3.05, 3.63) is 170 Å². The van der Waals surface area contributed by atoms with Gasteiger partial charge in [0.2, 0.25) is 0 Å². The lowest BCUT2D eigenvalue weighted by Gasteiger charge is -2.36. The summed E-state index contributed by atoms with van der Waals surface area (Å²) >= 11 is 0. The van der Waals surface area contributed by atoms with Crippen molar-refractivity contribution in [3.8, 4) is 34.1 Å². The summed E-state index contributed by atoms with van der Waals surface area (Å²) < 4.78 is 13.8. The maximum atomic E-state index is 6.91. The van der Waals surface area contributed by atoms with Gasteiger partial charge in [0.25, 0.3) is 6.71 Å². The van der Waals surface area contributed by atoms with Crippen LogP contribution in [0.4, 0.5) is 17.1 Å². The third kappa shape index (κ3) is 4.03. The molecule has 3 nitrogen and oxygen atoms in total. The van der Waals surface area contributed by atoms with Crippen molar-refractivity contribution < 1.29 is 9.47 Å². The minimum absolute atomic E-state index is 0.0865. The number of nitrogens with zero attached hydrogens (tertiary/aromatic N) is 1. The van der Waals surface area contributed by atoms with Crippen LogP contribution >= 0.6 is 0 Å². The van der Waals surface area contributed by atoms with Gasteiger partial charge in [-0.05, 0) is 69.2 Å². The molecule has 2 aliphatic rings. The van der Waals surface area contributed by atoms with Crippen LogP contribution in [0.2, 0.25) is 0 Å². The average molecular weight is 614 g/mol. The van der Waals surface area contributed by atoms with Gasteiger partial charge in [-0.3, -0.25) is 0 Å². The molecular formula is C44H28BNO2. The number of hydrogen-bond donors (Lipinski definition) is 0. The zero-order chi connectivity index (χ0) is 31.6. The Morgan fingerprint density at radius 3 is 1.67 bits per heavy atom. The number of fused-ring (bicyclic) bond motifs is 8. The fraction of sp³-hybridized carbons (Fsp3) is 0. The van der Waals surface area contributed by atoms with Crippen LogP contribution in [0, 0.1) is 0 Å². The first-order valence-corrected chi connectivity index (χ1v) is 16.4. The lowest BCUT2D eigenvalue weighted by atomic mass is 9.34. The van der Waals surface area contributed by atoms with Crippen molar-refractivity contribution in [2.24, 2.45) is 0 Å². The molecule has 224 valence electrons. The number of anilines is 3. The van der Waals surface area contributed by atoms with Crippen LogP contribution < -0.4 is 30.8 Å². The van der Waals surface area contributed by atoms with E-state index in [0.29, 0.717) is 0 Å². The van der Waals surface area contributed by atoms with E-state index in [1.165, 1.54) is 16.5 Å². The second kappa shape index (κ2) is 10.6. The first kappa shape index (κ1) is 26.9. The molecule has 0 amide bonds. The predicted molar refractivity (Wildman–Crippen MR) is 199 cm³/mol. The molecule has 0 radical (unpaired) electrons. The van der Waals surface area contributed by atoms with Gasteiger partial charge in [-0.2, -0.15) is 0 Å². The van der Waals surface area contributed by atoms with Gasteiger partial charge in [-0.15, -0.1) is 0 Å².